The van der Waals surface area contributed by atoms with Gasteiger partial charge >= 0.3 is 0 Å². The molecule has 0 aromatic carbocycles. The predicted molar refractivity (Wildman–Crippen MR) is 95.4 cm³/mol. The smallest absolute Gasteiger partial charge is 0.239 e. The molecule has 142 valence electrons. The second-order valence-electron chi connectivity index (χ2n) is 6.79. The van der Waals surface area contributed by atoms with Crippen molar-refractivity contribution in [3.8, 4) is 11.4 Å². The van der Waals surface area contributed by atoms with Gasteiger partial charge < -0.3 is 14.7 Å². The van der Waals surface area contributed by atoms with Crippen LogP contribution in [0.4, 0.5) is 0 Å². The number of nitrogens with zero attached hydrogens (tertiary/aromatic N) is 5. The van der Waals surface area contributed by atoms with E-state index in [1.807, 2.05) is 12.1 Å². The number of amides is 2. The summed E-state index contributed by atoms with van der Waals surface area (Å²) in [6.07, 6.45) is 4.94. The molecule has 1 unspecified atom stereocenters. The Labute approximate surface area is 156 Å². The van der Waals surface area contributed by atoms with Crippen LogP contribution in [0.3, 0.4) is 0 Å². The van der Waals surface area contributed by atoms with Gasteiger partial charge in [-0.25, -0.2) is 0 Å². The topological polar surface area (TPSA) is 104 Å². The van der Waals surface area contributed by atoms with E-state index in [-0.39, 0.29) is 17.9 Å². The van der Waals surface area contributed by atoms with Crippen LogP contribution in [0.1, 0.15) is 18.7 Å². The van der Waals surface area contributed by atoms with Crippen molar-refractivity contribution in [2.24, 2.45) is 0 Å². The maximum atomic E-state index is 12.5. The van der Waals surface area contributed by atoms with Gasteiger partial charge in [0, 0.05) is 63.5 Å². The molecule has 2 fully saturated rings. The number of aryl methyl sites for hydroxylation is 1. The van der Waals surface area contributed by atoms with Gasteiger partial charge in [-0.05, 0) is 18.6 Å². The van der Waals surface area contributed by atoms with E-state index in [2.05, 4.69) is 25.3 Å². The molecule has 2 saturated heterocycles. The number of fused-ring (bicyclic) bond motifs is 1. The van der Waals surface area contributed by atoms with Crippen molar-refractivity contribution in [2.45, 2.75) is 25.3 Å². The van der Waals surface area contributed by atoms with Crippen LogP contribution >= 0.6 is 0 Å². The van der Waals surface area contributed by atoms with Gasteiger partial charge in [-0.2, -0.15) is 4.98 Å². The summed E-state index contributed by atoms with van der Waals surface area (Å²) in [6, 6.07) is 3.47. The molecule has 9 nitrogen and oxygen atoms in total. The minimum Gasteiger partial charge on any atom is -0.353 e. The van der Waals surface area contributed by atoms with Gasteiger partial charge in [0.25, 0.3) is 0 Å². The van der Waals surface area contributed by atoms with Crippen LogP contribution < -0.4 is 5.32 Å². The first-order valence-electron chi connectivity index (χ1n) is 9.23. The lowest BCUT2D eigenvalue weighted by Crippen LogP contribution is -2.64. The van der Waals surface area contributed by atoms with Crippen LogP contribution in [0.15, 0.2) is 29.0 Å². The number of aromatic nitrogens is 3. The Balaban J connectivity index is 1.26. The quantitative estimate of drug-likeness (QED) is 0.796. The zero-order valence-electron chi connectivity index (χ0n) is 15.0. The monoisotopic (exact) mass is 370 g/mol. The van der Waals surface area contributed by atoms with E-state index in [4.69, 9.17) is 4.52 Å². The summed E-state index contributed by atoms with van der Waals surface area (Å²) in [6.45, 7) is 3.44. The summed E-state index contributed by atoms with van der Waals surface area (Å²) in [4.78, 5) is 36.8. The molecule has 27 heavy (non-hydrogen) atoms. The Kier molecular flexibility index (Phi) is 5.10. The molecule has 0 saturated carbocycles. The van der Waals surface area contributed by atoms with E-state index < -0.39 is 0 Å². The van der Waals surface area contributed by atoms with Crippen LogP contribution in [-0.2, 0) is 16.0 Å². The molecule has 1 N–H and O–H groups in total. The number of rotatable bonds is 5. The van der Waals surface area contributed by atoms with Crippen molar-refractivity contribution in [3.63, 3.8) is 0 Å². The fourth-order valence-electron chi connectivity index (χ4n) is 3.52. The number of carbonyl (C=O) groups is 2. The van der Waals surface area contributed by atoms with E-state index in [1.54, 1.807) is 17.3 Å². The Bertz CT molecular complexity index is 808. The highest BCUT2D eigenvalue weighted by Gasteiger charge is 2.35. The molecular formula is C18H22N6O3. The van der Waals surface area contributed by atoms with Crippen molar-refractivity contribution in [2.75, 3.05) is 32.7 Å². The Hall–Kier alpha value is -2.81. The summed E-state index contributed by atoms with van der Waals surface area (Å²) in [5, 5.41) is 6.83. The molecule has 2 amide bonds. The highest BCUT2D eigenvalue weighted by molar-refractivity contribution is 5.84. The van der Waals surface area contributed by atoms with Gasteiger partial charge in [-0.3, -0.25) is 19.5 Å². The second kappa shape index (κ2) is 7.83. The molecule has 0 spiro atoms. The van der Waals surface area contributed by atoms with E-state index >= 15 is 0 Å². The van der Waals surface area contributed by atoms with E-state index in [9.17, 15) is 9.59 Å². The summed E-state index contributed by atoms with van der Waals surface area (Å²) in [5.41, 5.74) is 0.798. The van der Waals surface area contributed by atoms with Crippen LogP contribution in [0.2, 0.25) is 0 Å². The number of piperazine rings is 2. The van der Waals surface area contributed by atoms with Gasteiger partial charge in [-0.15, -0.1) is 0 Å². The first-order chi connectivity index (χ1) is 13.2. The molecular weight excluding hydrogens is 348 g/mol. The Morgan fingerprint density at radius 1 is 1.33 bits per heavy atom. The highest BCUT2D eigenvalue weighted by atomic mass is 16.5. The van der Waals surface area contributed by atoms with Crippen LogP contribution in [0.5, 0.6) is 0 Å². The molecule has 2 aromatic heterocycles. The molecule has 1 atom stereocenters. The fourth-order valence-corrected chi connectivity index (χ4v) is 3.52. The average molecular weight is 370 g/mol. The van der Waals surface area contributed by atoms with Crippen molar-refractivity contribution in [1.29, 1.82) is 0 Å². The lowest BCUT2D eigenvalue weighted by Gasteiger charge is -2.43. The van der Waals surface area contributed by atoms with Crippen LogP contribution in [0, 0.1) is 0 Å². The number of nitrogens with one attached hydrogen (secondary N) is 1. The molecule has 4 heterocycles. The molecule has 0 aliphatic carbocycles. The van der Waals surface area contributed by atoms with E-state index in [1.165, 1.54) is 0 Å². The third-order valence-electron chi connectivity index (χ3n) is 5.01. The third kappa shape index (κ3) is 3.97. The van der Waals surface area contributed by atoms with Crippen molar-refractivity contribution in [3.05, 3.63) is 30.4 Å². The summed E-state index contributed by atoms with van der Waals surface area (Å²) in [5.74, 6) is 1.11. The van der Waals surface area contributed by atoms with Crippen LogP contribution in [-0.4, -0.2) is 75.5 Å². The predicted octanol–water partition coefficient (Wildman–Crippen LogP) is 0.0969. The van der Waals surface area contributed by atoms with Crippen molar-refractivity contribution < 1.29 is 14.1 Å². The first kappa shape index (κ1) is 17.6. The number of hydrogen-bond donors (Lipinski definition) is 1. The summed E-state index contributed by atoms with van der Waals surface area (Å²) < 4.78 is 5.26. The average Bonchev–Trinajstić information content (AvgIpc) is 3.18. The minimum absolute atomic E-state index is 0.0209. The van der Waals surface area contributed by atoms with E-state index in [0.29, 0.717) is 50.6 Å². The molecule has 0 bridgehead atoms. The Morgan fingerprint density at radius 3 is 3.11 bits per heavy atom. The molecule has 9 heteroatoms. The van der Waals surface area contributed by atoms with Gasteiger partial charge in [-0.1, -0.05) is 5.16 Å². The van der Waals surface area contributed by atoms with Crippen molar-refractivity contribution >= 4 is 11.8 Å². The second-order valence-corrected chi connectivity index (χ2v) is 6.79. The van der Waals surface area contributed by atoms with E-state index in [0.717, 1.165) is 18.7 Å². The SMILES string of the molecule is O=C1NCCN2CCN(C(=O)CCCc3nc(-c4cccnc4)no3)CC12. The zero-order chi connectivity index (χ0) is 18.6. The third-order valence-corrected chi connectivity index (χ3v) is 5.01. The molecule has 2 aliphatic heterocycles. The summed E-state index contributed by atoms with van der Waals surface area (Å²) in [7, 11) is 0. The lowest BCUT2D eigenvalue weighted by molar-refractivity contribution is -0.140. The van der Waals surface area contributed by atoms with Gasteiger partial charge in [0.05, 0.1) is 0 Å². The largest absolute Gasteiger partial charge is 0.353 e. The molecule has 2 aromatic rings. The number of hydrogen-bond acceptors (Lipinski definition) is 7. The maximum Gasteiger partial charge on any atom is 0.239 e. The Morgan fingerprint density at radius 2 is 2.26 bits per heavy atom. The van der Waals surface area contributed by atoms with Gasteiger partial charge in [0.1, 0.15) is 6.04 Å². The molecule has 0 radical (unpaired) electrons. The lowest BCUT2D eigenvalue weighted by atomic mass is 10.1. The zero-order valence-corrected chi connectivity index (χ0v) is 15.0. The highest BCUT2D eigenvalue weighted by Crippen LogP contribution is 2.16. The fraction of sp³-hybridized carbons (Fsp3) is 0.500. The first-order valence-corrected chi connectivity index (χ1v) is 9.23. The summed E-state index contributed by atoms with van der Waals surface area (Å²) >= 11 is 0. The minimum atomic E-state index is -0.213. The maximum absolute atomic E-state index is 12.5. The standard InChI is InChI=1S/C18H22N6O3/c25-16(24-10-9-23-8-7-20-18(26)14(23)12-24)5-1-4-15-21-17(22-27-15)13-3-2-6-19-11-13/h2-3,6,11,14H,1,4-5,7-10,12H2,(H,20,26). The van der Waals surface area contributed by atoms with Gasteiger partial charge in [0.15, 0.2) is 0 Å². The number of carbonyl (C=O) groups excluding carboxylic acids is 2. The van der Waals surface area contributed by atoms with Crippen molar-refractivity contribution in [1.82, 2.24) is 30.2 Å². The van der Waals surface area contributed by atoms with Gasteiger partial charge in [0.2, 0.25) is 23.5 Å². The van der Waals surface area contributed by atoms with Crippen LogP contribution in [0.25, 0.3) is 11.4 Å². The number of pyridine rings is 1. The normalized spacial score (nSPS) is 20.2. The molecule has 2 aliphatic rings. The molecule has 4 rings (SSSR count).